The topological polar surface area (TPSA) is 68.2 Å². The third-order valence-electron chi connectivity index (χ3n) is 4.74. The number of nitrogens with one attached hydrogen (secondary N) is 2. The molecule has 1 aliphatic heterocycles. The van der Waals surface area contributed by atoms with Crippen molar-refractivity contribution in [2.75, 3.05) is 18.5 Å². The van der Waals surface area contributed by atoms with Crippen LogP contribution in [-0.2, 0) is 11.3 Å². The number of benzene rings is 1. The van der Waals surface area contributed by atoms with Crippen molar-refractivity contribution in [1.29, 1.82) is 0 Å². The lowest BCUT2D eigenvalue weighted by atomic mass is 9.92. The Morgan fingerprint density at radius 3 is 3.04 bits per heavy atom. The van der Waals surface area contributed by atoms with Gasteiger partial charge in [-0.3, -0.25) is 4.68 Å². The number of urea groups is 1. The van der Waals surface area contributed by atoms with Crippen molar-refractivity contribution in [2.45, 2.75) is 39.3 Å². The number of anilines is 1. The van der Waals surface area contributed by atoms with Crippen molar-refractivity contribution in [3.05, 3.63) is 46.5 Å². The Morgan fingerprint density at radius 2 is 2.30 bits per heavy atom. The maximum absolute atomic E-state index is 14.0. The zero-order valence-electron chi connectivity index (χ0n) is 15.5. The zero-order chi connectivity index (χ0) is 19.4. The number of carbonyl (C=O) groups excluding carboxylic acids is 1. The maximum atomic E-state index is 14.0. The molecule has 3 rings (SSSR count). The molecule has 1 aliphatic rings. The van der Waals surface area contributed by atoms with E-state index in [1.807, 2.05) is 17.7 Å². The summed E-state index contributed by atoms with van der Waals surface area (Å²) in [4.78, 5) is 12.3. The summed E-state index contributed by atoms with van der Waals surface area (Å²) in [7, 11) is 0. The van der Waals surface area contributed by atoms with Gasteiger partial charge in [0.2, 0.25) is 0 Å². The standard InChI is InChI=1S/C19H24ClFN4O2/c1-3-25-16(6-7-23-25)18-13(5-4-8-27-18)11-22-19(26)24-17-14(20)9-12(2)10-15(17)21/h6-7,9-10,13,18H,3-5,8,11H2,1-2H3,(H2,22,24,26)/t13-,18+/m0/s1. The molecule has 1 aromatic heterocycles. The van der Waals surface area contributed by atoms with Gasteiger partial charge in [0, 0.05) is 31.8 Å². The molecule has 0 spiro atoms. The van der Waals surface area contributed by atoms with E-state index in [2.05, 4.69) is 15.7 Å². The monoisotopic (exact) mass is 394 g/mol. The van der Waals surface area contributed by atoms with Gasteiger partial charge in [-0.2, -0.15) is 5.10 Å². The highest BCUT2D eigenvalue weighted by Crippen LogP contribution is 2.33. The number of nitrogens with zero attached hydrogens (tertiary/aromatic N) is 2. The van der Waals surface area contributed by atoms with E-state index >= 15 is 0 Å². The van der Waals surface area contributed by atoms with E-state index < -0.39 is 11.8 Å². The fraction of sp³-hybridized carbons (Fsp3) is 0.474. The van der Waals surface area contributed by atoms with E-state index in [1.165, 1.54) is 6.07 Å². The molecule has 0 bridgehead atoms. The van der Waals surface area contributed by atoms with Crippen LogP contribution in [0.15, 0.2) is 24.4 Å². The summed E-state index contributed by atoms with van der Waals surface area (Å²) in [5.41, 5.74) is 1.69. The Hall–Kier alpha value is -2.12. The molecule has 1 fully saturated rings. The average Bonchev–Trinajstić information content (AvgIpc) is 3.11. The summed E-state index contributed by atoms with van der Waals surface area (Å²) in [5.74, 6) is -0.439. The summed E-state index contributed by atoms with van der Waals surface area (Å²) in [6.45, 7) is 5.62. The lowest BCUT2D eigenvalue weighted by Crippen LogP contribution is -2.38. The molecule has 8 heteroatoms. The summed E-state index contributed by atoms with van der Waals surface area (Å²) < 4.78 is 21.9. The predicted octanol–water partition coefficient (Wildman–Crippen LogP) is 4.29. The van der Waals surface area contributed by atoms with Crippen LogP contribution in [0.5, 0.6) is 0 Å². The number of hydrogen-bond acceptors (Lipinski definition) is 3. The zero-order valence-corrected chi connectivity index (χ0v) is 16.2. The van der Waals surface area contributed by atoms with Gasteiger partial charge in [-0.1, -0.05) is 11.6 Å². The van der Waals surface area contributed by atoms with Gasteiger partial charge in [0.1, 0.15) is 11.9 Å². The molecule has 2 amide bonds. The van der Waals surface area contributed by atoms with Gasteiger partial charge in [0.05, 0.1) is 16.4 Å². The van der Waals surface area contributed by atoms with Crippen molar-refractivity contribution in [1.82, 2.24) is 15.1 Å². The number of carbonyl (C=O) groups is 1. The Morgan fingerprint density at radius 1 is 1.48 bits per heavy atom. The average molecular weight is 395 g/mol. The normalized spacial score (nSPS) is 19.7. The van der Waals surface area contributed by atoms with Crippen LogP contribution in [0.4, 0.5) is 14.9 Å². The highest BCUT2D eigenvalue weighted by Gasteiger charge is 2.30. The van der Waals surface area contributed by atoms with Gasteiger partial charge in [-0.15, -0.1) is 0 Å². The number of aryl methyl sites for hydroxylation is 2. The fourth-order valence-electron chi connectivity index (χ4n) is 3.43. The van der Waals surface area contributed by atoms with Crippen LogP contribution in [0.3, 0.4) is 0 Å². The van der Waals surface area contributed by atoms with Gasteiger partial charge < -0.3 is 15.4 Å². The second kappa shape index (κ2) is 8.71. The van der Waals surface area contributed by atoms with E-state index in [9.17, 15) is 9.18 Å². The van der Waals surface area contributed by atoms with Gasteiger partial charge >= 0.3 is 6.03 Å². The maximum Gasteiger partial charge on any atom is 0.319 e. The SMILES string of the molecule is CCn1nccc1[C@@H]1OCCC[C@H]1CNC(=O)Nc1c(F)cc(C)cc1Cl. The van der Waals surface area contributed by atoms with Crippen LogP contribution in [0.25, 0.3) is 0 Å². The highest BCUT2D eigenvalue weighted by molar-refractivity contribution is 6.33. The molecule has 2 N–H and O–H groups in total. The molecule has 1 aromatic carbocycles. The predicted molar refractivity (Wildman–Crippen MR) is 102 cm³/mol. The smallest absolute Gasteiger partial charge is 0.319 e. The van der Waals surface area contributed by atoms with Gasteiger partial charge in [0.15, 0.2) is 0 Å². The van der Waals surface area contributed by atoms with E-state index in [4.69, 9.17) is 16.3 Å². The van der Waals surface area contributed by atoms with E-state index in [0.717, 1.165) is 25.1 Å². The highest BCUT2D eigenvalue weighted by atomic mass is 35.5. The molecule has 2 heterocycles. The van der Waals surface area contributed by atoms with Crippen LogP contribution in [-0.4, -0.2) is 29.0 Å². The lowest BCUT2D eigenvalue weighted by molar-refractivity contribution is -0.0317. The van der Waals surface area contributed by atoms with Crippen LogP contribution >= 0.6 is 11.6 Å². The number of aromatic nitrogens is 2. The molecule has 6 nitrogen and oxygen atoms in total. The van der Waals surface area contributed by atoms with E-state index in [1.54, 1.807) is 19.2 Å². The van der Waals surface area contributed by atoms with E-state index in [-0.39, 0.29) is 22.7 Å². The molecule has 1 saturated heterocycles. The largest absolute Gasteiger partial charge is 0.372 e. The number of rotatable bonds is 5. The fourth-order valence-corrected chi connectivity index (χ4v) is 3.74. The first kappa shape index (κ1) is 19.6. The molecule has 0 unspecified atom stereocenters. The molecule has 0 radical (unpaired) electrons. The molecular formula is C19H24ClFN4O2. The molecular weight excluding hydrogens is 371 g/mol. The van der Waals surface area contributed by atoms with Crippen molar-refractivity contribution in [3.63, 3.8) is 0 Å². The molecule has 146 valence electrons. The summed E-state index contributed by atoms with van der Waals surface area (Å²) in [6, 6.07) is 4.40. The van der Waals surface area contributed by atoms with Crippen LogP contribution < -0.4 is 10.6 Å². The number of ether oxygens (including phenoxy) is 1. The summed E-state index contributed by atoms with van der Waals surface area (Å²) >= 11 is 6.04. The first-order valence-corrected chi connectivity index (χ1v) is 9.51. The van der Waals surface area contributed by atoms with Gasteiger partial charge in [0.25, 0.3) is 0 Å². The molecule has 2 aromatic rings. The Balaban J connectivity index is 1.63. The van der Waals surface area contributed by atoms with Crippen LogP contribution in [0.2, 0.25) is 5.02 Å². The Labute approximate surface area is 163 Å². The second-order valence-electron chi connectivity index (χ2n) is 6.70. The van der Waals surface area contributed by atoms with Crippen molar-refractivity contribution in [2.24, 2.45) is 5.92 Å². The molecule has 0 aliphatic carbocycles. The minimum Gasteiger partial charge on any atom is -0.372 e. The van der Waals surface area contributed by atoms with Gasteiger partial charge in [-0.25, -0.2) is 9.18 Å². The Kier molecular flexibility index (Phi) is 6.34. The minimum absolute atomic E-state index is 0.0136. The molecule has 2 atom stereocenters. The third-order valence-corrected chi connectivity index (χ3v) is 5.03. The van der Waals surface area contributed by atoms with Crippen LogP contribution in [0, 0.1) is 18.7 Å². The van der Waals surface area contributed by atoms with Crippen LogP contribution in [0.1, 0.15) is 37.1 Å². The summed E-state index contributed by atoms with van der Waals surface area (Å²) in [5, 5.41) is 9.79. The van der Waals surface area contributed by atoms with Gasteiger partial charge in [-0.05, 0) is 50.5 Å². The number of amides is 2. The quantitative estimate of drug-likeness (QED) is 0.794. The van der Waals surface area contributed by atoms with Crippen molar-refractivity contribution in [3.8, 4) is 0 Å². The van der Waals surface area contributed by atoms with Crippen molar-refractivity contribution >= 4 is 23.3 Å². The van der Waals surface area contributed by atoms with Crippen molar-refractivity contribution < 1.29 is 13.9 Å². The number of hydrogen-bond donors (Lipinski definition) is 2. The first-order valence-electron chi connectivity index (χ1n) is 9.13. The third kappa shape index (κ3) is 4.59. The van der Waals surface area contributed by atoms with E-state index in [0.29, 0.717) is 18.7 Å². The number of halogens is 2. The lowest BCUT2D eigenvalue weighted by Gasteiger charge is -2.32. The Bertz CT molecular complexity index is 788. The molecule has 0 saturated carbocycles. The first-order chi connectivity index (χ1) is 13.0. The second-order valence-corrected chi connectivity index (χ2v) is 7.11. The summed E-state index contributed by atoms with van der Waals surface area (Å²) in [6.07, 6.45) is 3.50. The molecule has 27 heavy (non-hydrogen) atoms. The minimum atomic E-state index is -0.555.